The Morgan fingerprint density at radius 1 is 1.07 bits per heavy atom. The molecular weight excluding hydrogens is 448 g/mol. The van der Waals surface area contributed by atoms with Crippen LogP contribution < -0.4 is 10.6 Å². The van der Waals surface area contributed by atoms with Gasteiger partial charge in [0, 0.05) is 6.04 Å². The number of nitrogens with one attached hydrogen (secondary N) is 2. The molecule has 9 nitrogen and oxygen atoms in total. The van der Waals surface area contributed by atoms with E-state index in [-0.39, 0.29) is 46.4 Å². The quantitative estimate of drug-likeness (QED) is 0.393. The number of nitrogens with zero attached hydrogens (tertiary/aromatic N) is 2. The van der Waals surface area contributed by atoms with Crippen molar-refractivity contribution >= 4 is 62.4 Å². The molecule has 2 N–H and O–H groups in total. The molecule has 0 spiro atoms. The van der Waals surface area contributed by atoms with Gasteiger partial charge in [0.05, 0.1) is 24.5 Å². The molecule has 2 aromatic heterocycles. The Kier molecular flexibility index (Phi) is 9.06. The first-order valence-corrected chi connectivity index (χ1v) is 11.9. The highest BCUT2D eigenvalue weighted by atomic mass is 32.2. The standard InChI is InChI=1S/C18H24N4O5S3/c1-6-26-15(24)12-10(5)13(16(25)27-7-2)29-14(12)20-11(23)8-28-18-22-21-17(30-18)19-9(3)4/h9H,6-8H2,1-5H3,(H,19,21)(H,20,23). The molecule has 0 aliphatic carbocycles. The number of hydrogen-bond donors (Lipinski definition) is 2. The number of thiophene rings is 1. The minimum Gasteiger partial charge on any atom is -0.462 e. The lowest BCUT2D eigenvalue weighted by molar-refractivity contribution is -0.113. The van der Waals surface area contributed by atoms with Crippen molar-refractivity contribution in [2.75, 3.05) is 29.6 Å². The van der Waals surface area contributed by atoms with Gasteiger partial charge in [0.25, 0.3) is 0 Å². The molecule has 164 valence electrons. The topological polar surface area (TPSA) is 120 Å². The van der Waals surface area contributed by atoms with E-state index in [1.165, 1.54) is 23.1 Å². The summed E-state index contributed by atoms with van der Waals surface area (Å²) in [6.45, 7) is 9.39. The van der Waals surface area contributed by atoms with Crippen LogP contribution in [-0.2, 0) is 14.3 Å². The fourth-order valence-electron chi connectivity index (χ4n) is 2.31. The van der Waals surface area contributed by atoms with Crippen LogP contribution in [0.5, 0.6) is 0 Å². The number of rotatable bonds is 10. The lowest BCUT2D eigenvalue weighted by atomic mass is 10.1. The van der Waals surface area contributed by atoms with Crippen LogP contribution in [-0.4, -0.2) is 53.1 Å². The second kappa shape index (κ2) is 11.3. The van der Waals surface area contributed by atoms with Crippen molar-refractivity contribution in [3.05, 3.63) is 16.0 Å². The van der Waals surface area contributed by atoms with Crippen molar-refractivity contribution in [1.29, 1.82) is 0 Å². The van der Waals surface area contributed by atoms with Gasteiger partial charge in [0.2, 0.25) is 11.0 Å². The number of amides is 1. The average molecular weight is 473 g/mol. The predicted molar refractivity (Wildman–Crippen MR) is 119 cm³/mol. The van der Waals surface area contributed by atoms with E-state index in [0.717, 1.165) is 11.3 Å². The number of ether oxygens (including phenoxy) is 2. The molecule has 0 atom stereocenters. The van der Waals surface area contributed by atoms with Crippen LogP contribution in [0.25, 0.3) is 0 Å². The molecule has 2 aromatic rings. The van der Waals surface area contributed by atoms with Crippen LogP contribution in [0.3, 0.4) is 0 Å². The van der Waals surface area contributed by atoms with Crippen LogP contribution in [0.4, 0.5) is 10.1 Å². The molecular formula is C18H24N4O5S3. The summed E-state index contributed by atoms with van der Waals surface area (Å²) in [5, 5.41) is 14.9. The SMILES string of the molecule is CCOC(=O)c1sc(NC(=O)CSc2nnc(NC(C)C)s2)c(C(=O)OCC)c1C. The fraction of sp³-hybridized carbons (Fsp3) is 0.500. The lowest BCUT2D eigenvalue weighted by Gasteiger charge is -2.06. The minimum absolute atomic E-state index is 0.0737. The molecule has 0 aromatic carbocycles. The third-order valence-corrected chi connectivity index (χ3v) is 6.66. The van der Waals surface area contributed by atoms with E-state index in [4.69, 9.17) is 9.47 Å². The molecule has 0 unspecified atom stereocenters. The summed E-state index contributed by atoms with van der Waals surface area (Å²) < 4.78 is 10.8. The first-order chi connectivity index (χ1) is 14.3. The van der Waals surface area contributed by atoms with Crippen LogP contribution in [0.15, 0.2) is 4.34 Å². The average Bonchev–Trinajstić information content (AvgIpc) is 3.24. The molecule has 2 heterocycles. The summed E-state index contributed by atoms with van der Waals surface area (Å²) in [6.07, 6.45) is 0. The van der Waals surface area contributed by atoms with E-state index < -0.39 is 11.9 Å². The maximum absolute atomic E-state index is 12.5. The molecule has 0 aliphatic heterocycles. The van der Waals surface area contributed by atoms with E-state index in [9.17, 15) is 14.4 Å². The van der Waals surface area contributed by atoms with Gasteiger partial charge in [-0.1, -0.05) is 23.1 Å². The molecule has 0 fully saturated rings. The van der Waals surface area contributed by atoms with Crippen molar-refractivity contribution in [2.45, 2.75) is 45.0 Å². The molecule has 0 radical (unpaired) electrons. The zero-order valence-electron chi connectivity index (χ0n) is 17.4. The largest absolute Gasteiger partial charge is 0.462 e. The number of anilines is 2. The Bertz CT molecular complexity index is 910. The Morgan fingerprint density at radius 3 is 2.37 bits per heavy atom. The Hall–Kier alpha value is -2.18. The van der Waals surface area contributed by atoms with Gasteiger partial charge in [-0.2, -0.15) is 0 Å². The van der Waals surface area contributed by atoms with Gasteiger partial charge in [-0.05, 0) is 40.2 Å². The lowest BCUT2D eigenvalue weighted by Crippen LogP contribution is -2.16. The molecule has 30 heavy (non-hydrogen) atoms. The van der Waals surface area contributed by atoms with Crippen LogP contribution >= 0.6 is 34.4 Å². The normalized spacial score (nSPS) is 10.7. The van der Waals surface area contributed by atoms with Gasteiger partial charge in [-0.15, -0.1) is 21.5 Å². The van der Waals surface area contributed by atoms with Crippen molar-refractivity contribution in [1.82, 2.24) is 10.2 Å². The summed E-state index contributed by atoms with van der Waals surface area (Å²) in [5.74, 6) is -1.40. The summed E-state index contributed by atoms with van der Waals surface area (Å²) in [6, 6.07) is 0.232. The van der Waals surface area contributed by atoms with Crippen LogP contribution in [0.2, 0.25) is 0 Å². The summed E-state index contributed by atoms with van der Waals surface area (Å²) in [4.78, 5) is 37.3. The highest BCUT2D eigenvalue weighted by Crippen LogP contribution is 2.35. The summed E-state index contributed by atoms with van der Waals surface area (Å²) in [7, 11) is 0. The number of esters is 2. The zero-order valence-corrected chi connectivity index (χ0v) is 19.8. The van der Waals surface area contributed by atoms with Crippen molar-refractivity contribution in [3.8, 4) is 0 Å². The van der Waals surface area contributed by atoms with Gasteiger partial charge in [0.1, 0.15) is 9.88 Å². The van der Waals surface area contributed by atoms with Crippen LogP contribution in [0.1, 0.15) is 53.3 Å². The van der Waals surface area contributed by atoms with E-state index in [2.05, 4.69) is 20.8 Å². The zero-order chi connectivity index (χ0) is 22.3. The first kappa shape index (κ1) is 24.1. The number of aromatic nitrogens is 2. The molecule has 0 aliphatic rings. The van der Waals surface area contributed by atoms with Gasteiger partial charge in [0.15, 0.2) is 4.34 Å². The first-order valence-electron chi connectivity index (χ1n) is 9.27. The highest BCUT2D eigenvalue weighted by molar-refractivity contribution is 8.01. The van der Waals surface area contributed by atoms with Crippen molar-refractivity contribution in [2.24, 2.45) is 0 Å². The third-order valence-electron chi connectivity index (χ3n) is 3.49. The molecule has 0 saturated heterocycles. The molecule has 2 rings (SSSR count). The summed E-state index contributed by atoms with van der Waals surface area (Å²) in [5.41, 5.74) is 0.593. The van der Waals surface area contributed by atoms with Gasteiger partial charge in [-0.25, -0.2) is 9.59 Å². The molecule has 0 bridgehead atoms. The van der Waals surface area contributed by atoms with Crippen molar-refractivity contribution in [3.63, 3.8) is 0 Å². The van der Waals surface area contributed by atoms with Gasteiger partial charge < -0.3 is 20.1 Å². The van der Waals surface area contributed by atoms with Crippen molar-refractivity contribution < 1.29 is 23.9 Å². The Morgan fingerprint density at radius 2 is 1.73 bits per heavy atom. The van der Waals surface area contributed by atoms with E-state index in [1.54, 1.807) is 20.8 Å². The maximum atomic E-state index is 12.5. The smallest absolute Gasteiger partial charge is 0.348 e. The van der Waals surface area contributed by atoms with E-state index in [0.29, 0.717) is 15.0 Å². The second-order valence-corrected chi connectivity index (χ2v) is 9.43. The summed E-state index contributed by atoms with van der Waals surface area (Å²) >= 11 is 3.59. The van der Waals surface area contributed by atoms with Gasteiger partial charge in [-0.3, -0.25) is 4.79 Å². The second-order valence-electron chi connectivity index (χ2n) is 6.21. The Balaban J connectivity index is 2.12. The highest BCUT2D eigenvalue weighted by Gasteiger charge is 2.27. The number of carbonyl (C=O) groups excluding carboxylic acids is 3. The van der Waals surface area contributed by atoms with E-state index >= 15 is 0 Å². The number of hydrogen-bond acceptors (Lipinski definition) is 11. The molecule has 12 heteroatoms. The van der Waals surface area contributed by atoms with Gasteiger partial charge >= 0.3 is 11.9 Å². The Labute approximate surface area is 186 Å². The van der Waals surface area contributed by atoms with Crippen LogP contribution in [0, 0.1) is 6.92 Å². The molecule has 0 saturated carbocycles. The minimum atomic E-state index is -0.599. The predicted octanol–water partition coefficient (Wildman–Crippen LogP) is 3.81. The number of carbonyl (C=O) groups is 3. The van der Waals surface area contributed by atoms with E-state index in [1.807, 2.05) is 13.8 Å². The monoisotopic (exact) mass is 472 g/mol. The number of thioether (sulfide) groups is 1. The third kappa shape index (κ3) is 6.41. The maximum Gasteiger partial charge on any atom is 0.348 e. The fourth-order valence-corrected chi connectivity index (χ4v) is 5.11. The molecule has 1 amide bonds.